The van der Waals surface area contributed by atoms with Gasteiger partial charge in [-0.15, -0.1) is 0 Å². The van der Waals surface area contributed by atoms with Gasteiger partial charge >= 0.3 is 18.3 Å². The molecule has 3 aliphatic rings. The smallest absolute Gasteiger partial charge is 0.416 e. The van der Waals surface area contributed by atoms with Crippen molar-refractivity contribution in [2.24, 2.45) is 5.41 Å². The second-order valence-corrected chi connectivity index (χ2v) is 12.6. The summed E-state index contributed by atoms with van der Waals surface area (Å²) in [6.07, 6.45) is -0.992. The summed E-state index contributed by atoms with van der Waals surface area (Å²) in [5, 5.41) is 21.9. The fourth-order valence-electron chi connectivity index (χ4n) is 7.40. The van der Waals surface area contributed by atoms with E-state index in [1.54, 1.807) is 4.90 Å². The summed E-state index contributed by atoms with van der Waals surface area (Å²) in [4.78, 5) is 47.9. The van der Waals surface area contributed by atoms with Crippen molar-refractivity contribution in [1.82, 2.24) is 24.3 Å². The van der Waals surface area contributed by atoms with E-state index in [-0.39, 0.29) is 57.3 Å². The zero-order valence-corrected chi connectivity index (χ0v) is 25.2. The number of halogens is 3. The molecule has 1 aromatic heterocycles. The third kappa shape index (κ3) is 5.95. The standard InChI is InChI=1S/C33H36F3N5O5/c34-33(35,36)25-10-8-24(9-11-25)27-19-38(30(44)45)16-17-41(27)29(43)39-15-14-32(46,31(20-39)12-4-5-13-31)21-40-22-37-26(18-28(40)42)23-6-2-1-3-7-23/h1-3,6-11,18,22,27,46H,4-5,12-17,19-21H2,(H,44,45)/t27?,32-/m1/s1. The first-order valence-corrected chi connectivity index (χ1v) is 15.4. The summed E-state index contributed by atoms with van der Waals surface area (Å²) < 4.78 is 41.1. The summed E-state index contributed by atoms with van der Waals surface area (Å²) >= 11 is 0. The van der Waals surface area contributed by atoms with E-state index in [9.17, 15) is 37.8 Å². The number of carboxylic acid groups (broad SMARTS) is 1. The molecule has 2 N–H and O–H groups in total. The Morgan fingerprint density at radius 2 is 1.63 bits per heavy atom. The van der Waals surface area contributed by atoms with Crippen molar-refractivity contribution in [2.75, 3.05) is 32.7 Å². The van der Waals surface area contributed by atoms with Crippen molar-refractivity contribution in [3.05, 3.63) is 88.5 Å². The van der Waals surface area contributed by atoms with Crippen molar-refractivity contribution in [3.8, 4) is 11.3 Å². The van der Waals surface area contributed by atoms with Crippen LogP contribution in [-0.2, 0) is 12.7 Å². The van der Waals surface area contributed by atoms with Gasteiger partial charge < -0.3 is 24.9 Å². The summed E-state index contributed by atoms with van der Waals surface area (Å²) in [5.41, 5.74) is -1.33. The Kier molecular flexibility index (Phi) is 8.30. The molecule has 13 heteroatoms. The molecular weight excluding hydrogens is 603 g/mol. The zero-order chi connectivity index (χ0) is 32.7. The van der Waals surface area contributed by atoms with Gasteiger partial charge in [0.1, 0.15) is 0 Å². The number of alkyl halides is 3. The van der Waals surface area contributed by atoms with Gasteiger partial charge in [-0.2, -0.15) is 13.2 Å². The van der Waals surface area contributed by atoms with Crippen LogP contribution >= 0.6 is 0 Å². The number of piperazine rings is 1. The molecule has 2 aliphatic heterocycles. The Labute approximate surface area is 263 Å². The Bertz CT molecular complexity index is 1640. The van der Waals surface area contributed by atoms with Crippen molar-refractivity contribution in [2.45, 2.75) is 56.5 Å². The molecule has 6 rings (SSSR count). The van der Waals surface area contributed by atoms with Crippen LogP contribution in [0.5, 0.6) is 0 Å². The number of aliphatic hydroxyl groups is 1. The lowest BCUT2D eigenvalue weighted by atomic mass is 9.66. The predicted molar refractivity (Wildman–Crippen MR) is 162 cm³/mol. The van der Waals surface area contributed by atoms with E-state index >= 15 is 0 Å². The topological polar surface area (TPSA) is 119 Å². The molecule has 1 unspecified atom stereocenters. The van der Waals surface area contributed by atoms with Crippen molar-refractivity contribution >= 4 is 12.1 Å². The average molecular weight is 640 g/mol. The van der Waals surface area contributed by atoms with Crippen LogP contribution in [0.4, 0.5) is 22.8 Å². The Hall–Kier alpha value is -4.39. The Morgan fingerprint density at radius 1 is 0.935 bits per heavy atom. The molecule has 1 aliphatic carbocycles. The Balaban J connectivity index is 1.23. The summed E-state index contributed by atoms with van der Waals surface area (Å²) in [6.45, 7) is 0.521. The number of carbonyl (C=O) groups excluding carboxylic acids is 1. The summed E-state index contributed by atoms with van der Waals surface area (Å²) in [6, 6.07) is 14.1. The summed E-state index contributed by atoms with van der Waals surface area (Å²) in [5.74, 6) is 0. The molecule has 3 amide bonds. The maximum absolute atomic E-state index is 14.1. The van der Waals surface area contributed by atoms with Crippen LogP contribution in [-0.4, -0.2) is 84.9 Å². The SMILES string of the molecule is O=C(O)N1CCN(C(=O)N2CC[C@@](O)(Cn3cnc(-c4ccccc4)cc3=O)C3(CCCC3)C2)C(c2ccc(C(F)(F)F)cc2)C1. The zero-order valence-electron chi connectivity index (χ0n) is 25.2. The molecule has 0 bridgehead atoms. The van der Waals surface area contributed by atoms with E-state index in [1.165, 1.54) is 34.0 Å². The van der Waals surface area contributed by atoms with E-state index in [4.69, 9.17) is 0 Å². The van der Waals surface area contributed by atoms with Gasteiger partial charge in [0, 0.05) is 49.8 Å². The second-order valence-electron chi connectivity index (χ2n) is 12.6. The molecule has 2 atom stereocenters. The lowest BCUT2D eigenvalue weighted by Gasteiger charge is -2.53. The number of piperidine rings is 1. The number of aromatic nitrogens is 2. The lowest BCUT2D eigenvalue weighted by molar-refractivity contribution is -0.138. The van der Waals surface area contributed by atoms with Gasteiger partial charge in [-0.1, -0.05) is 55.3 Å². The number of urea groups is 1. The fraction of sp³-hybridized carbons (Fsp3) is 0.455. The van der Waals surface area contributed by atoms with E-state index in [0.717, 1.165) is 35.4 Å². The number of rotatable bonds is 4. The van der Waals surface area contributed by atoms with Gasteiger partial charge in [-0.25, -0.2) is 14.6 Å². The first-order valence-electron chi connectivity index (χ1n) is 15.4. The molecule has 244 valence electrons. The molecule has 3 aromatic rings. The largest absolute Gasteiger partial charge is 0.465 e. The molecule has 3 fully saturated rings. The molecule has 2 saturated heterocycles. The van der Waals surface area contributed by atoms with Crippen molar-refractivity contribution in [1.29, 1.82) is 0 Å². The number of carbonyl (C=O) groups is 2. The van der Waals surface area contributed by atoms with Crippen molar-refractivity contribution in [3.63, 3.8) is 0 Å². The molecule has 1 saturated carbocycles. The van der Waals surface area contributed by atoms with Gasteiger partial charge in [0.15, 0.2) is 0 Å². The van der Waals surface area contributed by atoms with E-state index in [1.807, 2.05) is 30.3 Å². The number of hydrogen-bond acceptors (Lipinski definition) is 5. The minimum absolute atomic E-state index is 0.0292. The minimum atomic E-state index is -4.53. The van der Waals surface area contributed by atoms with Crippen LogP contribution < -0.4 is 5.56 Å². The molecule has 2 aromatic carbocycles. The number of benzene rings is 2. The van der Waals surface area contributed by atoms with Crippen LogP contribution in [0.3, 0.4) is 0 Å². The Morgan fingerprint density at radius 3 is 2.26 bits per heavy atom. The van der Waals surface area contributed by atoms with Crippen LogP contribution in [0.15, 0.2) is 71.8 Å². The van der Waals surface area contributed by atoms with Gasteiger partial charge in [0.05, 0.1) is 35.8 Å². The minimum Gasteiger partial charge on any atom is -0.465 e. The fourth-order valence-corrected chi connectivity index (χ4v) is 7.40. The van der Waals surface area contributed by atoms with Gasteiger partial charge in [-0.05, 0) is 37.0 Å². The predicted octanol–water partition coefficient (Wildman–Crippen LogP) is 5.08. The highest BCUT2D eigenvalue weighted by molar-refractivity contribution is 5.76. The highest BCUT2D eigenvalue weighted by Gasteiger charge is 2.56. The van der Waals surface area contributed by atoms with Gasteiger partial charge in [0.25, 0.3) is 5.56 Å². The van der Waals surface area contributed by atoms with Crippen LogP contribution in [0.1, 0.15) is 49.3 Å². The highest BCUT2D eigenvalue weighted by Crippen LogP contribution is 2.52. The maximum Gasteiger partial charge on any atom is 0.416 e. The van der Waals surface area contributed by atoms with Crippen molar-refractivity contribution < 1.29 is 33.0 Å². The van der Waals surface area contributed by atoms with Crippen LogP contribution in [0, 0.1) is 5.41 Å². The van der Waals surface area contributed by atoms with Gasteiger partial charge in [0.2, 0.25) is 0 Å². The molecule has 10 nitrogen and oxygen atoms in total. The second kappa shape index (κ2) is 12.1. The molecule has 46 heavy (non-hydrogen) atoms. The number of likely N-dealkylation sites (tertiary alicyclic amines) is 1. The molecular formula is C33H36F3N5O5. The molecule has 1 spiro atoms. The first-order chi connectivity index (χ1) is 21.9. The molecule has 0 radical (unpaired) electrons. The third-order valence-corrected chi connectivity index (χ3v) is 10.0. The normalized spacial score (nSPS) is 23.1. The first kappa shape index (κ1) is 31.6. The third-order valence-electron chi connectivity index (χ3n) is 10.0. The van der Waals surface area contributed by atoms with Crippen LogP contribution in [0.25, 0.3) is 11.3 Å². The van der Waals surface area contributed by atoms with Crippen LogP contribution in [0.2, 0.25) is 0 Å². The van der Waals surface area contributed by atoms with E-state index in [0.29, 0.717) is 24.1 Å². The van der Waals surface area contributed by atoms with Gasteiger partial charge in [-0.3, -0.25) is 9.36 Å². The van der Waals surface area contributed by atoms with E-state index in [2.05, 4.69) is 4.98 Å². The van der Waals surface area contributed by atoms with E-state index < -0.39 is 34.9 Å². The highest BCUT2D eigenvalue weighted by atomic mass is 19.4. The summed E-state index contributed by atoms with van der Waals surface area (Å²) in [7, 11) is 0. The average Bonchev–Trinajstić information content (AvgIpc) is 3.53. The monoisotopic (exact) mass is 639 g/mol. The number of hydrogen-bond donors (Lipinski definition) is 2. The number of nitrogens with zero attached hydrogens (tertiary/aromatic N) is 5. The number of amides is 3. The lowest BCUT2D eigenvalue weighted by Crippen LogP contribution is -2.64. The molecule has 3 heterocycles. The maximum atomic E-state index is 14.1. The quantitative estimate of drug-likeness (QED) is 0.411.